The minimum atomic E-state index is -1.31. The van der Waals surface area contributed by atoms with E-state index < -0.39 is 7.12 Å². The zero-order valence-corrected chi connectivity index (χ0v) is 11.8. The summed E-state index contributed by atoms with van der Waals surface area (Å²) in [4.78, 5) is 3.96. The van der Waals surface area contributed by atoms with Gasteiger partial charge in [0, 0.05) is 17.1 Å². The van der Waals surface area contributed by atoms with Crippen molar-refractivity contribution in [3.63, 3.8) is 0 Å². The number of pyridine rings is 1. The summed E-state index contributed by atoms with van der Waals surface area (Å²) in [5, 5.41) is 16.9. The second-order valence-corrected chi connectivity index (χ2v) is 4.00. The molecule has 3 aromatic rings. The van der Waals surface area contributed by atoms with Crippen LogP contribution in [0, 0.1) is 0 Å². The Morgan fingerprint density at radius 2 is 1.55 bits per heavy atom. The van der Waals surface area contributed by atoms with E-state index in [9.17, 15) is 0 Å². The van der Waals surface area contributed by atoms with E-state index in [-0.39, 0.29) is 17.1 Å². The molecule has 0 aliphatic heterocycles. The molecule has 1 heterocycles. The van der Waals surface area contributed by atoms with E-state index in [4.69, 9.17) is 10.0 Å². The van der Waals surface area contributed by atoms with E-state index in [1.54, 1.807) is 24.3 Å². The first kappa shape index (κ1) is 16.4. The van der Waals surface area contributed by atoms with Gasteiger partial charge in [0.2, 0.25) is 7.12 Å². The number of nitrogens with zero attached hydrogens (tertiary/aromatic N) is 1. The van der Waals surface area contributed by atoms with Crippen LogP contribution in [-0.4, -0.2) is 22.2 Å². The Morgan fingerprint density at radius 3 is 2.00 bits per heavy atom. The molecule has 0 atom stereocenters. The number of rotatable bonds is 2. The summed E-state index contributed by atoms with van der Waals surface area (Å²) in [6, 6.07) is 19.1. The number of aromatic nitrogens is 1. The minimum Gasteiger partial charge on any atom is -0.748 e. The first-order chi connectivity index (χ1) is 9.27. The third-order valence-electron chi connectivity index (χ3n) is 2.66. The predicted octanol–water partition coefficient (Wildman–Crippen LogP) is 1.55. The monoisotopic (exact) mass is 307 g/mol. The molecule has 2 N–H and O–H groups in total. The average molecular weight is 307 g/mol. The summed E-state index contributed by atoms with van der Waals surface area (Å²) < 4.78 is 0. The summed E-state index contributed by atoms with van der Waals surface area (Å²) in [6.07, 6.45) is 3.62. The molecule has 0 aliphatic rings. The summed E-state index contributed by atoms with van der Waals surface area (Å²) in [5.41, 5.74) is 3.03. The van der Waals surface area contributed by atoms with Crippen LogP contribution in [0.25, 0.3) is 11.1 Å². The second-order valence-electron chi connectivity index (χ2n) is 4.00. The predicted molar refractivity (Wildman–Crippen MR) is 77.1 cm³/mol. The van der Waals surface area contributed by atoms with Crippen LogP contribution in [-0.2, 0) is 17.1 Å². The molecule has 0 aliphatic carbocycles. The third kappa shape index (κ3) is 4.80. The molecule has 0 bridgehead atoms. The molecule has 0 fully saturated rings. The summed E-state index contributed by atoms with van der Waals surface area (Å²) in [6.45, 7) is 0. The SMILES string of the molecule is OB(O)[c-]1[cH-][cH-][cH-][cH-]1.[Fe].c1cc[c-](-c2ccncc2)c1. The molecular weight excluding hydrogens is 293 g/mol. The van der Waals surface area contributed by atoms with Crippen molar-refractivity contribution in [1.82, 2.24) is 4.98 Å². The van der Waals surface area contributed by atoms with Crippen LogP contribution in [0.5, 0.6) is 0 Å². The topological polar surface area (TPSA) is 53.4 Å². The Kier molecular flexibility index (Phi) is 6.98. The third-order valence-corrected chi connectivity index (χ3v) is 2.66. The molecular formula is C15H14BFeNO2-6. The molecule has 0 radical (unpaired) electrons. The van der Waals surface area contributed by atoms with Crippen LogP contribution in [0.1, 0.15) is 0 Å². The van der Waals surface area contributed by atoms with Crippen molar-refractivity contribution in [2.75, 3.05) is 0 Å². The number of hydrogen-bond donors (Lipinski definition) is 2. The zero-order valence-electron chi connectivity index (χ0n) is 10.7. The molecule has 2 aromatic carbocycles. The summed E-state index contributed by atoms with van der Waals surface area (Å²) in [7, 11) is -1.31. The molecule has 20 heavy (non-hydrogen) atoms. The van der Waals surface area contributed by atoms with Crippen LogP contribution in [0.3, 0.4) is 0 Å². The van der Waals surface area contributed by atoms with E-state index >= 15 is 0 Å². The van der Waals surface area contributed by atoms with Gasteiger partial charge in [-0.15, -0.1) is 29.8 Å². The van der Waals surface area contributed by atoms with Crippen LogP contribution in [0.15, 0.2) is 73.1 Å². The van der Waals surface area contributed by atoms with Gasteiger partial charge < -0.3 is 39.8 Å². The van der Waals surface area contributed by atoms with Gasteiger partial charge in [-0.2, -0.15) is 12.1 Å². The smallest absolute Gasteiger partial charge is 0.230 e. The maximum absolute atomic E-state index is 8.47. The van der Waals surface area contributed by atoms with Crippen molar-refractivity contribution in [1.29, 1.82) is 0 Å². The van der Waals surface area contributed by atoms with Gasteiger partial charge >= 0.3 is 0 Å². The summed E-state index contributed by atoms with van der Waals surface area (Å²) >= 11 is 0. The van der Waals surface area contributed by atoms with Crippen molar-refractivity contribution >= 4 is 12.6 Å². The molecule has 0 unspecified atom stereocenters. The molecule has 5 heteroatoms. The Hall–Kier alpha value is -1.65. The Balaban J connectivity index is 0.000000200. The molecule has 3 rings (SSSR count). The van der Waals surface area contributed by atoms with Gasteiger partial charge in [0.1, 0.15) is 0 Å². The molecule has 108 valence electrons. The molecule has 0 spiro atoms. The van der Waals surface area contributed by atoms with Crippen LogP contribution in [0.4, 0.5) is 0 Å². The first-order valence-corrected chi connectivity index (χ1v) is 5.97. The van der Waals surface area contributed by atoms with Gasteiger partial charge in [-0.25, -0.2) is 0 Å². The van der Waals surface area contributed by atoms with Gasteiger partial charge in [0.25, 0.3) is 0 Å². The Bertz CT molecular complexity index is 565. The maximum Gasteiger partial charge on any atom is 0.230 e. The van der Waals surface area contributed by atoms with Crippen molar-refractivity contribution in [2.24, 2.45) is 0 Å². The van der Waals surface area contributed by atoms with Crippen molar-refractivity contribution in [2.45, 2.75) is 0 Å². The minimum absolute atomic E-state index is 0. The molecule has 1 aromatic heterocycles. The van der Waals surface area contributed by atoms with Crippen LogP contribution >= 0.6 is 0 Å². The fourth-order valence-electron chi connectivity index (χ4n) is 1.67. The van der Waals surface area contributed by atoms with Gasteiger partial charge in [-0.05, 0) is 12.4 Å². The standard InChI is InChI=1S/C10H8N.C5H6BO2.Fe/c1-2-4-9(3-1)10-5-7-11-8-6-10;7-6(8)5-3-1-2-4-5;/h1-8H;1-4,7-8H;/q-1;-5;. The molecule has 0 saturated heterocycles. The average Bonchev–Trinajstić information content (AvgIpc) is 3.14. The van der Waals surface area contributed by atoms with Gasteiger partial charge in [-0.1, -0.05) is 5.56 Å². The van der Waals surface area contributed by atoms with Crippen molar-refractivity contribution < 1.29 is 27.1 Å². The van der Waals surface area contributed by atoms with E-state index in [1.807, 2.05) is 36.7 Å². The van der Waals surface area contributed by atoms with Gasteiger partial charge in [0.05, 0.1) is 0 Å². The van der Waals surface area contributed by atoms with Crippen molar-refractivity contribution in [3.05, 3.63) is 73.1 Å². The van der Waals surface area contributed by atoms with E-state index in [2.05, 4.69) is 17.1 Å². The normalized spacial score (nSPS) is 9.10. The van der Waals surface area contributed by atoms with Gasteiger partial charge in [0.15, 0.2) is 0 Å². The largest absolute Gasteiger partial charge is 0.748 e. The van der Waals surface area contributed by atoms with Crippen molar-refractivity contribution in [3.8, 4) is 11.1 Å². The first-order valence-electron chi connectivity index (χ1n) is 5.97. The Labute approximate surface area is 129 Å². The number of hydrogen-bond acceptors (Lipinski definition) is 3. The van der Waals surface area contributed by atoms with E-state index in [0.717, 1.165) is 0 Å². The summed E-state index contributed by atoms with van der Waals surface area (Å²) in [5.74, 6) is 0. The molecule has 0 amide bonds. The Morgan fingerprint density at radius 1 is 1.00 bits per heavy atom. The molecule has 0 saturated carbocycles. The fraction of sp³-hybridized carbons (Fsp3) is 0. The van der Waals surface area contributed by atoms with Gasteiger partial charge in [-0.3, -0.25) is 4.98 Å². The zero-order chi connectivity index (χ0) is 13.5. The maximum atomic E-state index is 8.47. The van der Waals surface area contributed by atoms with Crippen LogP contribution < -0.4 is 5.46 Å². The van der Waals surface area contributed by atoms with Crippen LogP contribution in [0.2, 0.25) is 0 Å². The quantitative estimate of drug-likeness (QED) is 0.558. The van der Waals surface area contributed by atoms with E-state index in [1.165, 1.54) is 11.1 Å². The fourth-order valence-corrected chi connectivity index (χ4v) is 1.67. The molecule has 3 nitrogen and oxygen atoms in total. The van der Waals surface area contributed by atoms with E-state index in [0.29, 0.717) is 5.46 Å². The second kappa shape index (κ2) is 8.51.